The van der Waals surface area contributed by atoms with Crippen LogP contribution in [0.25, 0.3) is 11.2 Å². The van der Waals surface area contributed by atoms with Crippen molar-refractivity contribution in [1.82, 2.24) is 29.3 Å². The van der Waals surface area contributed by atoms with Crippen LogP contribution >= 0.6 is 0 Å². The molecule has 160 valence electrons. The Morgan fingerprint density at radius 3 is 2.57 bits per heavy atom. The maximum Gasteiger partial charge on any atom is 0.281 e. The van der Waals surface area contributed by atoms with E-state index in [2.05, 4.69) is 20.3 Å². The standard InChI is InChI=1S/C19H23FN6O3S/c1-2-11-30(28,29)25-9-7-14(8-10-25)17-21-18-16(19(27)22-17)23-24-26(18)12-13-3-5-15(20)6-4-13/h3-6,14H,2,7-12H2,1H3,(H,21,22,27). The van der Waals surface area contributed by atoms with Crippen LogP contribution in [0.15, 0.2) is 29.1 Å². The summed E-state index contributed by atoms with van der Waals surface area (Å²) in [7, 11) is -3.23. The second kappa shape index (κ2) is 8.23. The van der Waals surface area contributed by atoms with Crippen LogP contribution in [0, 0.1) is 5.82 Å². The number of halogens is 1. The summed E-state index contributed by atoms with van der Waals surface area (Å²) in [5.41, 5.74) is 0.936. The smallest absolute Gasteiger partial charge is 0.281 e. The van der Waals surface area contributed by atoms with Crippen LogP contribution in [0.2, 0.25) is 0 Å². The van der Waals surface area contributed by atoms with E-state index in [1.54, 1.807) is 12.1 Å². The third-order valence-electron chi connectivity index (χ3n) is 5.33. The van der Waals surface area contributed by atoms with Gasteiger partial charge >= 0.3 is 0 Å². The molecule has 4 rings (SSSR count). The number of aromatic amines is 1. The Bertz CT molecular complexity index is 1200. The average Bonchev–Trinajstić information content (AvgIpc) is 3.13. The lowest BCUT2D eigenvalue weighted by molar-refractivity contribution is 0.313. The van der Waals surface area contributed by atoms with E-state index in [1.807, 2.05) is 6.92 Å². The molecule has 0 unspecified atom stereocenters. The summed E-state index contributed by atoms with van der Waals surface area (Å²) in [6.45, 7) is 2.96. The summed E-state index contributed by atoms with van der Waals surface area (Å²) in [6.07, 6.45) is 1.74. The Morgan fingerprint density at radius 1 is 1.20 bits per heavy atom. The van der Waals surface area contributed by atoms with E-state index in [-0.39, 0.29) is 28.6 Å². The first-order valence-corrected chi connectivity index (χ1v) is 11.5. The van der Waals surface area contributed by atoms with Crippen molar-refractivity contribution in [3.05, 3.63) is 51.8 Å². The van der Waals surface area contributed by atoms with Crippen LogP contribution in [0.5, 0.6) is 0 Å². The van der Waals surface area contributed by atoms with Crippen LogP contribution in [-0.4, -0.2) is 56.5 Å². The van der Waals surface area contributed by atoms with Gasteiger partial charge in [-0.3, -0.25) is 4.79 Å². The zero-order valence-electron chi connectivity index (χ0n) is 16.6. The Labute approximate surface area is 173 Å². The molecule has 30 heavy (non-hydrogen) atoms. The van der Waals surface area contributed by atoms with Crippen molar-refractivity contribution in [3.63, 3.8) is 0 Å². The zero-order valence-corrected chi connectivity index (χ0v) is 17.4. The van der Waals surface area contributed by atoms with Gasteiger partial charge in [-0.2, -0.15) is 0 Å². The minimum Gasteiger partial charge on any atom is -0.308 e. The third kappa shape index (κ3) is 4.12. The minimum absolute atomic E-state index is 0.0515. The molecule has 1 aromatic carbocycles. The highest BCUT2D eigenvalue weighted by Gasteiger charge is 2.29. The summed E-state index contributed by atoms with van der Waals surface area (Å²) in [4.78, 5) is 19.9. The van der Waals surface area contributed by atoms with Gasteiger partial charge in [0.25, 0.3) is 5.56 Å². The number of nitrogens with one attached hydrogen (secondary N) is 1. The van der Waals surface area contributed by atoms with Gasteiger partial charge in [0, 0.05) is 19.0 Å². The summed E-state index contributed by atoms with van der Waals surface area (Å²) in [6, 6.07) is 6.01. The molecule has 0 amide bonds. The first kappa shape index (κ1) is 20.6. The molecule has 0 bridgehead atoms. The van der Waals surface area contributed by atoms with Crippen molar-refractivity contribution >= 4 is 21.2 Å². The van der Waals surface area contributed by atoms with E-state index in [1.165, 1.54) is 21.1 Å². The minimum atomic E-state index is -3.23. The van der Waals surface area contributed by atoms with Crippen molar-refractivity contribution < 1.29 is 12.8 Å². The summed E-state index contributed by atoms with van der Waals surface area (Å²) >= 11 is 0. The van der Waals surface area contributed by atoms with Crippen LogP contribution in [0.3, 0.4) is 0 Å². The lowest BCUT2D eigenvalue weighted by Gasteiger charge is -2.30. The molecular weight excluding hydrogens is 411 g/mol. The molecule has 1 N–H and O–H groups in total. The number of nitrogens with zero attached hydrogens (tertiary/aromatic N) is 5. The summed E-state index contributed by atoms with van der Waals surface area (Å²) < 4.78 is 40.7. The van der Waals surface area contributed by atoms with Gasteiger partial charge < -0.3 is 4.98 Å². The van der Waals surface area contributed by atoms with Crippen molar-refractivity contribution in [2.75, 3.05) is 18.8 Å². The molecule has 11 heteroatoms. The number of fused-ring (bicyclic) bond motifs is 1. The largest absolute Gasteiger partial charge is 0.308 e. The van der Waals surface area contributed by atoms with E-state index >= 15 is 0 Å². The third-order valence-corrected chi connectivity index (χ3v) is 7.41. The number of aromatic nitrogens is 5. The van der Waals surface area contributed by atoms with Crippen molar-refractivity contribution in [2.24, 2.45) is 0 Å². The van der Waals surface area contributed by atoms with Crippen LogP contribution in [-0.2, 0) is 16.6 Å². The van der Waals surface area contributed by atoms with E-state index < -0.39 is 10.0 Å². The number of benzene rings is 1. The highest BCUT2D eigenvalue weighted by molar-refractivity contribution is 7.89. The number of hydrogen-bond donors (Lipinski definition) is 1. The number of sulfonamides is 1. The molecule has 1 fully saturated rings. The number of piperidine rings is 1. The van der Waals surface area contributed by atoms with Crippen molar-refractivity contribution in [2.45, 2.75) is 38.6 Å². The molecule has 3 heterocycles. The normalized spacial score (nSPS) is 16.3. The van der Waals surface area contributed by atoms with Crippen molar-refractivity contribution in [3.8, 4) is 0 Å². The highest BCUT2D eigenvalue weighted by Crippen LogP contribution is 2.27. The Morgan fingerprint density at radius 2 is 1.90 bits per heavy atom. The second-order valence-electron chi connectivity index (χ2n) is 7.49. The number of rotatable bonds is 6. The second-order valence-corrected chi connectivity index (χ2v) is 9.57. The maximum absolute atomic E-state index is 13.1. The van der Waals surface area contributed by atoms with E-state index in [9.17, 15) is 17.6 Å². The summed E-state index contributed by atoms with van der Waals surface area (Å²) in [5.74, 6) is 0.283. The van der Waals surface area contributed by atoms with Crippen molar-refractivity contribution in [1.29, 1.82) is 0 Å². The molecule has 0 atom stereocenters. The average molecular weight is 434 g/mol. The van der Waals surface area contributed by atoms with E-state index in [4.69, 9.17) is 0 Å². The van der Waals surface area contributed by atoms with Crippen LogP contribution < -0.4 is 5.56 Å². The fourth-order valence-electron chi connectivity index (χ4n) is 3.74. The maximum atomic E-state index is 13.1. The van der Waals surface area contributed by atoms with Crippen LogP contribution in [0.4, 0.5) is 4.39 Å². The van der Waals surface area contributed by atoms with Gasteiger partial charge in [0.05, 0.1) is 12.3 Å². The predicted molar refractivity (Wildman–Crippen MR) is 109 cm³/mol. The zero-order chi connectivity index (χ0) is 21.3. The lowest BCUT2D eigenvalue weighted by Crippen LogP contribution is -2.39. The highest BCUT2D eigenvalue weighted by atomic mass is 32.2. The van der Waals surface area contributed by atoms with Gasteiger partial charge in [0.1, 0.15) is 11.6 Å². The first-order chi connectivity index (χ1) is 14.4. The number of H-pyrrole nitrogens is 1. The molecule has 0 spiro atoms. The molecule has 9 nitrogen and oxygen atoms in total. The Hall–Kier alpha value is -2.66. The van der Waals surface area contributed by atoms with Gasteiger partial charge in [-0.1, -0.05) is 24.3 Å². The lowest BCUT2D eigenvalue weighted by atomic mass is 9.97. The Kier molecular flexibility index (Phi) is 5.65. The van der Waals surface area contributed by atoms with Gasteiger partial charge in [-0.15, -0.1) is 5.10 Å². The first-order valence-electron chi connectivity index (χ1n) is 9.93. The molecular formula is C19H23FN6O3S. The monoisotopic (exact) mass is 434 g/mol. The fourth-order valence-corrected chi connectivity index (χ4v) is 5.28. The quantitative estimate of drug-likeness (QED) is 0.631. The molecule has 1 aliphatic rings. The molecule has 2 aromatic heterocycles. The topological polar surface area (TPSA) is 114 Å². The predicted octanol–water partition coefficient (Wildman–Crippen LogP) is 1.62. The molecule has 3 aromatic rings. The molecule has 1 saturated heterocycles. The molecule has 0 radical (unpaired) electrons. The summed E-state index contributed by atoms with van der Waals surface area (Å²) in [5, 5.41) is 7.96. The molecule has 0 saturated carbocycles. The molecule has 1 aliphatic heterocycles. The molecule has 0 aliphatic carbocycles. The van der Waals surface area contributed by atoms with Gasteiger partial charge in [-0.25, -0.2) is 26.8 Å². The van der Waals surface area contributed by atoms with Crippen LogP contribution in [0.1, 0.15) is 43.5 Å². The van der Waals surface area contributed by atoms with Gasteiger partial charge in [0.2, 0.25) is 10.0 Å². The van der Waals surface area contributed by atoms with Gasteiger partial charge in [-0.05, 0) is 37.0 Å². The van der Waals surface area contributed by atoms with E-state index in [0.717, 1.165) is 5.56 Å². The SMILES string of the molecule is CCCS(=O)(=O)N1CCC(c2nc3c(nnn3Cc3ccc(F)cc3)c(=O)[nH]2)CC1. The number of hydrogen-bond acceptors (Lipinski definition) is 6. The van der Waals surface area contributed by atoms with E-state index in [0.29, 0.717) is 50.4 Å². The van der Waals surface area contributed by atoms with Gasteiger partial charge in [0.15, 0.2) is 11.2 Å². The fraction of sp³-hybridized carbons (Fsp3) is 0.474. The Balaban J connectivity index is 1.57.